The van der Waals surface area contributed by atoms with E-state index in [1.807, 2.05) is 50.2 Å². The van der Waals surface area contributed by atoms with Crippen LogP contribution < -0.4 is 5.32 Å². The number of amides is 1. The molecule has 0 aromatic heterocycles. The second-order valence-corrected chi connectivity index (χ2v) is 5.49. The van der Waals surface area contributed by atoms with Crippen molar-refractivity contribution in [2.75, 3.05) is 11.9 Å². The first-order valence-electron chi connectivity index (χ1n) is 7.62. The summed E-state index contributed by atoms with van der Waals surface area (Å²) in [6.45, 7) is 5.51. The molecule has 0 aliphatic rings. The predicted molar refractivity (Wildman–Crippen MR) is 90.6 cm³/mol. The fourth-order valence-corrected chi connectivity index (χ4v) is 2.19. The minimum atomic E-state index is -0.484. The van der Waals surface area contributed by atoms with Gasteiger partial charge in [0.05, 0.1) is 5.56 Å². The molecule has 2 rings (SSSR count). The number of hydrogen-bond acceptors (Lipinski definition) is 3. The van der Waals surface area contributed by atoms with Crippen LogP contribution in [0.25, 0.3) is 0 Å². The van der Waals surface area contributed by atoms with Gasteiger partial charge in [-0.05, 0) is 49.6 Å². The van der Waals surface area contributed by atoms with Gasteiger partial charge in [-0.3, -0.25) is 4.79 Å². The monoisotopic (exact) mass is 311 g/mol. The van der Waals surface area contributed by atoms with Gasteiger partial charge in [-0.15, -0.1) is 0 Å². The van der Waals surface area contributed by atoms with Crippen LogP contribution in [-0.4, -0.2) is 18.5 Å². The van der Waals surface area contributed by atoms with Gasteiger partial charge in [-0.25, -0.2) is 4.79 Å². The molecule has 2 aromatic carbocycles. The normalized spacial score (nSPS) is 10.2. The lowest BCUT2D eigenvalue weighted by molar-refractivity contribution is -0.119. The van der Waals surface area contributed by atoms with Gasteiger partial charge in [0, 0.05) is 5.69 Å². The maximum Gasteiger partial charge on any atom is 0.338 e. The molecule has 0 bridgehead atoms. The summed E-state index contributed by atoms with van der Waals surface area (Å²) in [7, 11) is 0. The van der Waals surface area contributed by atoms with Crippen LogP contribution >= 0.6 is 0 Å². The number of anilines is 1. The Morgan fingerprint density at radius 1 is 1.04 bits per heavy atom. The van der Waals surface area contributed by atoms with E-state index in [1.54, 1.807) is 6.07 Å². The number of carbonyl (C=O) groups excluding carboxylic acids is 2. The largest absolute Gasteiger partial charge is 0.452 e. The van der Waals surface area contributed by atoms with Gasteiger partial charge in [-0.1, -0.05) is 36.8 Å². The number of nitrogens with one attached hydrogen (secondary N) is 1. The van der Waals surface area contributed by atoms with E-state index in [9.17, 15) is 9.59 Å². The lowest BCUT2D eigenvalue weighted by Gasteiger charge is -2.09. The van der Waals surface area contributed by atoms with E-state index in [1.165, 1.54) is 5.56 Å². The quantitative estimate of drug-likeness (QED) is 0.857. The summed E-state index contributed by atoms with van der Waals surface area (Å²) in [6.07, 6.45) is 0.946. The second-order valence-electron chi connectivity index (χ2n) is 5.49. The van der Waals surface area contributed by atoms with E-state index in [0.717, 1.165) is 17.5 Å². The van der Waals surface area contributed by atoms with Crippen LogP contribution in [0.15, 0.2) is 42.5 Å². The van der Waals surface area contributed by atoms with Gasteiger partial charge in [0.15, 0.2) is 6.61 Å². The minimum absolute atomic E-state index is 0.304. The van der Waals surface area contributed by atoms with E-state index >= 15 is 0 Å². The lowest BCUT2D eigenvalue weighted by atomic mass is 10.1. The molecule has 0 saturated carbocycles. The third kappa shape index (κ3) is 4.68. The van der Waals surface area contributed by atoms with Crippen molar-refractivity contribution < 1.29 is 14.3 Å². The Morgan fingerprint density at radius 2 is 1.74 bits per heavy atom. The average Bonchev–Trinajstić information content (AvgIpc) is 2.55. The Bertz CT molecular complexity index is 705. The van der Waals surface area contributed by atoms with Crippen molar-refractivity contribution in [2.45, 2.75) is 27.2 Å². The smallest absolute Gasteiger partial charge is 0.338 e. The van der Waals surface area contributed by atoms with E-state index in [4.69, 9.17) is 4.74 Å². The molecule has 0 aliphatic carbocycles. The average molecular weight is 311 g/mol. The zero-order valence-electron chi connectivity index (χ0n) is 13.7. The molecule has 4 nitrogen and oxygen atoms in total. The summed E-state index contributed by atoms with van der Waals surface area (Å²) >= 11 is 0. The minimum Gasteiger partial charge on any atom is -0.452 e. The molecule has 0 radical (unpaired) electrons. The number of aryl methyl sites for hydroxylation is 3. The van der Waals surface area contributed by atoms with Crippen molar-refractivity contribution in [3.8, 4) is 0 Å². The molecule has 0 spiro atoms. The summed E-state index contributed by atoms with van der Waals surface area (Å²) in [5, 5.41) is 2.71. The zero-order chi connectivity index (χ0) is 16.8. The molecule has 120 valence electrons. The Morgan fingerprint density at radius 3 is 2.39 bits per heavy atom. The summed E-state index contributed by atoms with van der Waals surface area (Å²) in [5.41, 5.74) is 4.18. The van der Waals surface area contributed by atoms with Gasteiger partial charge in [0.25, 0.3) is 5.91 Å². The van der Waals surface area contributed by atoms with Crippen LogP contribution in [0.3, 0.4) is 0 Å². The van der Waals surface area contributed by atoms with E-state index in [-0.39, 0.29) is 12.5 Å². The summed E-state index contributed by atoms with van der Waals surface area (Å²) in [5.74, 6) is -0.837. The molecule has 1 N–H and O–H groups in total. The molecule has 23 heavy (non-hydrogen) atoms. The van der Waals surface area contributed by atoms with Crippen LogP contribution in [0, 0.1) is 13.8 Å². The van der Waals surface area contributed by atoms with Crippen LogP contribution in [0.1, 0.15) is 34.0 Å². The molecule has 0 aliphatic heterocycles. The Balaban J connectivity index is 1.90. The van der Waals surface area contributed by atoms with E-state index in [0.29, 0.717) is 11.3 Å². The predicted octanol–water partition coefficient (Wildman–Crippen LogP) is 3.66. The number of benzene rings is 2. The van der Waals surface area contributed by atoms with Gasteiger partial charge in [0.2, 0.25) is 0 Å². The SMILES string of the molecule is CCc1ccc(NC(=O)COC(=O)c2cc(C)ccc2C)cc1. The van der Waals surface area contributed by atoms with Crippen molar-refractivity contribution in [1.29, 1.82) is 0 Å². The standard InChI is InChI=1S/C19H21NO3/c1-4-15-7-9-16(10-8-15)20-18(21)12-23-19(22)17-11-13(2)5-6-14(17)3/h5-11H,4,12H2,1-3H3,(H,20,21). The fraction of sp³-hybridized carbons (Fsp3) is 0.263. The Labute approximate surface area is 136 Å². The summed E-state index contributed by atoms with van der Waals surface area (Å²) in [4.78, 5) is 23.9. The molecule has 0 heterocycles. The highest BCUT2D eigenvalue weighted by Gasteiger charge is 2.13. The van der Waals surface area contributed by atoms with Crippen LogP contribution in [0.2, 0.25) is 0 Å². The molecular formula is C19H21NO3. The Hall–Kier alpha value is -2.62. The first kappa shape index (κ1) is 16.7. The highest BCUT2D eigenvalue weighted by Crippen LogP contribution is 2.13. The van der Waals surface area contributed by atoms with Gasteiger partial charge in [0.1, 0.15) is 0 Å². The van der Waals surface area contributed by atoms with Gasteiger partial charge in [-0.2, -0.15) is 0 Å². The number of esters is 1. The topological polar surface area (TPSA) is 55.4 Å². The van der Waals surface area contributed by atoms with Crippen LogP contribution in [0.5, 0.6) is 0 Å². The molecular weight excluding hydrogens is 290 g/mol. The first-order chi connectivity index (χ1) is 11.0. The summed E-state index contributed by atoms with van der Waals surface area (Å²) < 4.78 is 5.09. The second kappa shape index (κ2) is 7.58. The lowest BCUT2D eigenvalue weighted by Crippen LogP contribution is -2.21. The van der Waals surface area contributed by atoms with Crippen molar-refractivity contribution in [2.24, 2.45) is 0 Å². The van der Waals surface area contributed by atoms with E-state index < -0.39 is 5.97 Å². The fourth-order valence-electron chi connectivity index (χ4n) is 2.19. The van der Waals surface area contributed by atoms with Crippen LogP contribution in [-0.2, 0) is 16.0 Å². The van der Waals surface area contributed by atoms with Crippen molar-refractivity contribution in [3.63, 3.8) is 0 Å². The molecule has 0 fully saturated rings. The number of rotatable bonds is 5. The maximum atomic E-state index is 12.1. The molecule has 2 aromatic rings. The molecule has 0 saturated heterocycles. The molecule has 0 atom stereocenters. The molecule has 1 amide bonds. The van der Waals surface area contributed by atoms with E-state index in [2.05, 4.69) is 12.2 Å². The van der Waals surface area contributed by atoms with Gasteiger partial charge >= 0.3 is 5.97 Å². The number of hydrogen-bond donors (Lipinski definition) is 1. The third-order valence-electron chi connectivity index (χ3n) is 3.59. The van der Waals surface area contributed by atoms with Crippen LogP contribution in [0.4, 0.5) is 5.69 Å². The molecule has 0 unspecified atom stereocenters. The maximum absolute atomic E-state index is 12.1. The highest BCUT2D eigenvalue weighted by molar-refractivity contribution is 5.96. The first-order valence-corrected chi connectivity index (χ1v) is 7.62. The third-order valence-corrected chi connectivity index (χ3v) is 3.59. The number of ether oxygens (including phenoxy) is 1. The highest BCUT2D eigenvalue weighted by atomic mass is 16.5. The zero-order valence-corrected chi connectivity index (χ0v) is 13.7. The molecule has 4 heteroatoms. The summed E-state index contributed by atoms with van der Waals surface area (Å²) in [6, 6.07) is 13.1. The van der Waals surface area contributed by atoms with Gasteiger partial charge < -0.3 is 10.1 Å². The van der Waals surface area contributed by atoms with Crippen molar-refractivity contribution in [3.05, 3.63) is 64.7 Å². The van der Waals surface area contributed by atoms with Crippen molar-refractivity contribution >= 4 is 17.6 Å². The number of carbonyl (C=O) groups is 2. The van der Waals surface area contributed by atoms with Crippen molar-refractivity contribution in [1.82, 2.24) is 0 Å². The Kier molecular flexibility index (Phi) is 5.52.